The summed E-state index contributed by atoms with van der Waals surface area (Å²) in [5.41, 5.74) is 3.34. The maximum absolute atomic E-state index is 12.9. The van der Waals surface area contributed by atoms with Gasteiger partial charge < -0.3 is 15.0 Å². The van der Waals surface area contributed by atoms with E-state index in [1.807, 2.05) is 30.1 Å². The van der Waals surface area contributed by atoms with Gasteiger partial charge in [0.2, 0.25) is 5.91 Å². The number of hydrogen-bond donors (Lipinski definition) is 1. The molecule has 164 valence electrons. The summed E-state index contributed by atoms with van der Waals surface area (Å²) >= 11 is 0. The molecule has 3 rings (SSSR count). The largest absolute Gasteiger partial charge is 0.496 e. The molecular weight excluding hydrogens is 396 g/mol. The lowest BCUT2D eigenvalue weighted by molar-refractivity contribution is -0.133. The number of para-hydroxylation sites is 1. The van der Waals surface area contributed by atoms with E-state index in [1.54, 1.807) is 7.11 Å². The summed E-state index contributed by atoms with van der Waals surface area (Å²) in [5.74, 6) is 2.12. The second-order valence-corrected chi connectivity index (χ2v) is 8.29. The summed E-state index contributed by atoms with van der Waals surface area (Å²) < 4.78 is 5.48. The number of benzene rings is 2. The zero-order chi connectivity index (χ0) is 20.8. The Balaban J connectivity index is 0.00000320. The maximum Gasteiger partial charge on any atom is 0.223 e. The van der Waals surface area contributed by atoms with Gasteiger partial charge in [-0.2, -0.15) is 0 Å². The van der Waals surface area contributed by atoms with Crippen LogP contribution in [0.25, 0.3) is 11.1 Å². The minimum Gasteiger partial charge on any atom is -0.496 e. The van der Waals surface area contributed by atoms with E-state index < -0.39 is 0 Å². The quantitative estimate of drug-likeness (QED) is 0.645. The number of amides is 1. The van der Waals surface area contributed by atoms with Crippen molar-refractivity contribution in [1.29, 1.82) is 0 Å². The summed E-state index contributed by atoms with van der Waals surface area (Å²) in [5, 5.41) is 3.46. The van der Waals surface area contributed by atoms with E-state index in [9.17, 15) is 4.79 Å². The number of ether oxygens (including phenoxy) is 1. The van der Waals surface area contributed by atoms with Crippen LogP contribution in [0, 0.1) is 11.8 Å². The number of halogens is 1. The minimum absolute atomic E-state index is 0. The van der Waals surface area contributed by atoms with Crippen LogP contribution in [-0.2, 0) is 4.79 Å². The van der Waals surface area contributed by atoms with Crippen molar-refractivity contribution in [3.63, 3.8) is 0 Å². The first kappa shape index (κ1) is 24.2. The maximum atomic E-state index is 12.9. The Morgan fingerprint density at radius 1 is 1.17 bits per heavy atom. The van der Waals surface area contributed by atoms with Crippen molar-refractivity contribution in [1.82, 2.24) is 10.2 Å². The molecule has 0 radical (unpaired) electrons. The topological polar surface area (TPSA) is 41.6 Å². The van der Waals surface area contributed by atoms with E-state index in [2.05, 4.69) is 49.5 Å². The minimum atomic E-state index is 0. The average molecular weight is 431 g/mol. The highest BCUT2D eigenvalue weighted by atomic mass is 35.5. The SMILES string of the molecule is COc1ccccc1-c1ccc(C(C)N(C)C(=O)CC(C)C2CCCNC2)cc1.Cl. The highest BCUT2D eigenvalue weighted by Crippen LogP contribution is 2.31. The van der Waals surface area contributed by atoms with Gasteiger partial charge in [-0.3, -0.25) is 4.79 Å². The molecule has 1 aliphatic rings. The Labute approximate surface area is 187 Å². The molecule has 1 aliphatic heterocycles. The van der Waals surface area contributed by atoms with Crippen molar-refractivity contribution < 1.29 is 9.53 Å². The molecule has 1 amide bonds. The van der Waals surface area contributed by atoms with E-state index in [0.717, 1.165) is 35.5 Å². The third kappa shape index (κ3) is 5.77. The lowest BCUT2D eigenvalue weighted by atomic mass is 9.85. The number of methoxy groups -OCH3 is 1. The van der Waals surface area contributed by atoms with Gasteiger partial charge in [0.05, 0.1) is 13.2 Å². The van der Waals surface area contributed by atoms with Crippen molar-refractivity contribution in [3.05, 3.63) is 54.1 Å². The Morgan fingerprint density at radius 2 is 1.87 bits per heavy atom. The van der Waals surface area contributed by atoms with Crippen LogP contribution in [0.5, 0.6) is 5.75 Å². The van der Waals surface area contributed by atoms with Gasteiger partial charge in [0.1, 0.15) is 5.75 Å². The Morgan fingerprint density at radius 3 is 2.50 bits per heavy atom. The molecule has 30 heavy (non-hydrogen) atoms. The molecule has 1 heterocycles. The monoisotopic (exact) mass is 430 g/mol. The summed E-state index contributed by atoms with van der Waals surface area (Å²) in [4.78, 5) is 14.8. The third-order valence-electron chi connectivity index (χ3n) is 6.42. The van der Waals surface area contributed by atoms with Crippen molar-refractivity contribution in [2.45, 2.75) is 39.2 Å². The highest BCUT2D eigenvalue weighted by Gasteiger charge is 2.25. The predicted molar refractivity (Wildman–Crippen MR) is 126 cm³/mol. The number of piperidine rings is 1. The van der Waals surface area contributed by atoms with Crippen molar-refractivity contribution in [2.75, 3.05) is 27.2 Å². The number of rotatable bonds is 7. The molecule has 2 aromatic rings. The molecule has 3 atom stereocenters. The number of nitrogens with one attached hydrogen (secondary N) is 1. The van der Waals surface area contributed by atoms with Crippen LogP contribution in [-0.4, -0.2) is 38.1 Å². The van der Waals surface area contributed by atoms with Gasteiger partial charge in [0.25, 0.3) is 0 Å². The van der Waals surface area contributed by atoms with Crippen LogP contribution in [0.1, 0.15) is 44.7 Å². The lowest BCUT2D eigenvalue weighted by Crippen LogP contribution is -2.36. The van der Waals surface area contributed by atoms with E-state index >= 15 is 0 Å². The fraction of sp³-hybridized carbons (Fsp3) is 0.480. The number of carbonyl (C=O) groups excluding carboxylic acids is 1. The summed E-state index contributed by atoms with van der Waals surface area (Å²) in [6, 6.07) is 16.5. The van der Waals surface area contributed by atoms with Crippen LogP contribution in [0.4, 0.5) is 0 Å². The van der Waals surface area contributed by atoms with E-state index in [0.29, 0.717) is 18.3 Å². The van der Waals surface area contributed by atoms with Gasteiger partial charge in [0, 0.05) is 19.0 Å². The Hall–Kier alpha value is -2.04. The van der Waals surface area contributed by atoms with Gasteiger partial charge in [-0.15, -0.1) is 12.4 Å². The summed E-state index contributed by atoms with van der Waals surface area (Å²) in [7, 11) is 3.62. The number of carbonyl (C=O) groups is 1. The second-order valence-electron chi connectivity index (χ2n) is 8.29. The normalized spacial score (nSPS) is 18.1. The predicted octanol–water partition coefficient (Wildman–Crippen LogP) is 5.33. The van der Waals surface area contributed by atoms with Crippen LogP contribution < -0.4 is 10.1 Å². The van der Waals surface area contributed by atoms with E-state index in [-0.39, 0.29) is 24.4 Å². The zero-order valence-electron chi connectivity index (χ0n) is 18.6. The van der Waals surface area contributed by atoms with Gasteiger partial charge in [-0.25, -0.2) is 0 Å². The third-order valence-corrected chi connectivity index (χ3v) is 6.42. The van der Waals surface area contributed by atoms with Crippen LogP contribution >= 0.6 is 12.4 Å². The first-order chi connectivity index (χ1) is 14.0. The molecule has 0 spiro atoms. The Bertz CT molecular complexity index is 803. The van der Waals surface area contributed by atoms with Crippen LogP contribution in [0.3, 0.4) is 0 Å². The molecule has 2 aromatic carbocycles. The molecule has 0 saturated carbocycles. The van der Waals surface area contributed by atoms with Crippen molar-refractivity contribution in [3.8, 4) is 16.9 Å². The van der Waals surface area contributed by atoms with Crippen LogP contribution in [0.15, 0.2) is 48.5 Å². The molecule has 5 heteroatoms. The molecular formula is C25H35ClN2O2. The first-order valence-electron chi connectivity index (χ1n) is 10.7. The molecule has 1 fully saturated rings. The fourth-order valence-electron chi connectivity index (χ4n) is 4.21. The average Bonchev–Trinajstić information content (AvgIpc) is 2.78. The fourth-order valence-corrected chi connectivity index (χ4v) is 4.21. The summed E-state index contributed by atoms with van der Waals surface area (Å²) in [6.45, 7) is 6.47. The van der Waals surface area contributed by atoms with Crippen molar-refractivity contribution >= 4 is 18.3 Å². The summed E-state index contributed by atoms with van der Waals surface area (Å²) in [6.07, 6.45) is 3.06. The smallest absolute Gasteiger partial charge is 0.223 e. The molecule has 4 nitrogen and oxygen atoms in total. The first-order valence-corrected chi connectivity index (χ1v) is 10.7. The van der Waals surface area contributed by atoms with E-state index in [4.69, 9.17) is 4.74 Å². The van der Waals surface area contributed by atoms with Gasteiger partial charge in [-0.05, 0) is 61.9 Å². The zero-order valence-corrected chi connectivity index (χ0v) is 19.4. The molecule has 3 unspecified atom stereocenters. The van der Waals surface area contributed by atoms with E-state index in [1.165, 1.54) is 12.8 Å². The van der Waals surface area contributed by atoms with Gasteiger partial charge in [0.15, 0.2) is 0 Å². The number of hydrogen-bond acceptors (Lipinski definition) is 3. The molecule has 1 saturated heterocycles. The van der Waals surface area contributed by atoms with Gasteiger partial charge >= 0.3 is 0 Å². The molecule has 0 bridgehead atoms. The standard InChI is InChI=1S/C25H34N2O2.ClH/c1-18(22-8-7-15-26-17-22)16-25(28)27(3)19(2)20-11-13-21(14-12-20)23-9-5-6-10-24(23)29-4;/h5-6,9-14,18-19,22,26H,7-8,15-17H2,1-4H3;1H. The lowest BCUT2D eigenvalue weighted by Gasteiger charge is -2.31. The second kappa shape index (κ2) is 11.4. The van der Waals surface area contributed by atoms with Gasteiger partial charge in [-0.1, -0.05) is 49.4 Å². The number of nitrogens with zero attached hydrogens (tertiary/aromatic N) is 1. The molecule has 0 aliphatic carbocycles. The molecule has 0 aromatic heterocycles. The molecule has 1 N–H and O–H groups in total. The Kier molecular flexibility index (Phi) is 9.19. The highest BCUT2D eigenvalue weighted by molar-refractivity contribution is 5.85. The van der Waals surface area contributed by atoms with Crippen LogP contribution in [0.2, 0.25) is 0 Å². The van der Waals surface area contributed by atoms with Crippen molar-refractivity contribution in [2.24, 2.45) is 11.8 Å².